The van der Waals surface area contributed by atoms with Crippen LogP contribution in [-0.4, -0.2) is 24.4 Å². The van der Waals surface area contributed by atoms with Gasteiger partial charge >= 0.3 is 0 Å². The summed E-state index contributed by atoms with van der Waals surface area (Å²) in [5.74, 6) is 0.196. The molecule has 5 nitrogen and oxygen atoms in total. The van der Waals surface area contributed by atoms with E-state index in [4.69, 9.17) is 4.74 Å². The van der Waals surface area contributed by atoms with Crippen LogP contribution < -0.4 is 15.0 Å². The quantitative estimate of drug-likeness (QED) is 0.728. The molecule has 2 aromatic carbocycles. The molecule has 0 radical (unpaired) electrons. The number of rotatable bonds is 5. The molecule has 1 atom stereocenters. The average molecular weight is 429 g/mol. The number of nitrogens with one attached hydrogen (secondary N) is 1. The van der Waals surface area contributed by atoms with Gasteiger partial charge in [-0.15, -0.1) is 0 Å². The van der Waals surface area contributed by atoms with Crippen molar-refractivity contribution in [3.63, 3.8) is 0 Å². The van der Waals surface area contributed by atoms with Crippen molar-refractivity contribution in [2.24, 2.45) is 0 Å². The molecule has 1 heterocycles. The molecule has 1 unspecified atom stereocenters. The van der Waals surface area contributed by atoms with Gasteiger partial charge in [0.05, 0.1) is 5.69 Å². The molecule has 1 aliphatic heterocycles. The summed E-state index contributed by atoms with van der Waals surface area (Å²) in [4.78, 5) is 26.8. The van der Waals surface area contributed by atoms with Crippen LogP contribution in [0.1, 0.15) is 25.8 Å². The number of amides is 2. The fraction of sp³-hybridized carbons (Fsp3) is 0.238. The minimum Gasteiger partial charge on any atom is -0.449 e. The van der Waals surface area contributed by atoms with Crippen molar-refractivity contribution in [3.8, 4) is 5.75 Å². The molecular formula is C21H21BrN2O3. The maximum Gasteiger partial charge on any atom is 0.294 e. The van der Waals surface area contributed by atoms with E-state index in [0.29, 0.717) is 11.4 Å². The summed E-state index contributed by atoms with van der Waals surface area (Å²) in [5.41, 5.74) is 1.42. The van der Waals surface area contributed by atoms with Crippen LogP contribution in [0.25, 0.3) is 6.08 Å². The zero-order chi connectivity index (χ0) is 19.4. The number of carbonyl (C=O) groups excluding carboxylic acids is 2. The molecule has 140 valence electrons. The lowest BCUT2D eigenvalue weighted by Gasteiger charge is -2.30. The number of halogens is 1. The van der Waals surface area contributed by atoms with Gasteiger partial charge in [0.2, 0.25) is 5.91 Å². The van der Waals surface area contributed by atoms with Crippen LogP contribution in [0.4, 0.5) is 5.69 Å². The van der Waals surface area contributed by atoms with Gasteiger partial charge in [-0.3, -0.25) is 14.5 Å². The van der Waals surface area contributed by atoms with Crippen molar-refractivity contribution < 1.29 is 14.3 Å². The molecular weight excluding hydrogens is 408 g/mol. The normalized spacial score (nSPS) is 15.9. The Morgan fingerprint density at radius 1 is 1.26 bits per heavy atom. The van der Waals surface area contributed by atoms with E-state index in [1.807, 2.05) is 50.2 Å². The topological polar surface area (TPSA) is 58.6 Å². The molecule has 0 spiro atoms. The highest BCUT2D eigenvalue weighted by Crippen LogP contribution is 2.35. The van der Waals surface area contributed by atoms with E-state index in [9.17, 15) is 9.59 Å². The van der Waals surface area contributed by atoms with E-state index in [2.05, 4.69) is 21.2 Å². The highest BCUT2D eigenvalue weighted by Gasteiger charge is 2.31. The van der Waals surface area contributed by atoms with Gasteiger partial charge in [0.1, 0.15) is 6.54 Å². The van der Waals surface area contributed by atoms with Crippen molar-refractivity contribution in [3.05, 3.63) is 64.3 Å². The van der Waals surface area contributed by atoms with Gasteiger partial charge in [-0.05, 0) is 49.2 Å². The SMILES string of the molecule is CCC(C)NC(=O)CN1C(=O)C(=Cc2cccc(Br)c2)Oc2ccccc21. The third kappa shape index (κ3) is 4.57. The molecule has 0 aliphatic carbocycles. The minimum atomic E-state index is -0.340. The lowest BCUT2D eigenvalue weighted by Crippen LogP contribution is -2.46. The van der Waals surface area contributed by atoms with Crippen LogP contribution in [0.3, 0.4) is 0 Å². The number of hydrogen-bond acceptors (Lipinski definition) is 3. The first kappa shape index (κ1) is 19.2. The summed E-state index contributed by atoms with van der Waals surface area (Å²) in [6, 6.07) is 14.8. The molecule has 0 saturated heterocycles. The number of anilines is 1. The Morgan fingerprint density at radius 2 is 2.04 bits per heavy atom. The number of para-hydroxylation sites is 2. The zero-order valence-electron chi connectivity index (χ0n) is 15.2. The smallest absolute Gasteiger partial charge is 0.294 e. The van der Waals surface area contributed by atoms with E-state index in [1.165, 1.54) is 4.90 Å². The highest BCUT2D eigenvalue weighted by molar-refractivity contribution is 9.10. The Balaban J connectivity index is 1.92. The Morgan fingerprint density at radius 3 is 2.78 bits per heavy atom. The molecule has 1 aliphatic rings. The van der Waals surface area contributed by atoms with E-state index < -0.39 is 0 Å². The predicted molar refractivity (Wildman–Crippen MR) is 109 cm³/mol. The van der Waals surface area contributed by atoms with E-state index in [0.717, 1.165) is 16.5 Å². The summed E-state index contributed by atoms with van der Waals surface area (Å²) in [6.07, 6.45) is 2.51. The first-order valence-corrected chi connectivity index (χ1v) is 9.62. The van der Waals surface area contributed by atoms with Gasteiger partial charge < -0.3 is 10.1 Å². The second-order valence-corrected chi connectivity index (χ2v) is 7.32. The molecule has 2 amide bonds. The molecule has 0 fully saturated rings. The predicted octanol–water partition coefficient (Wildman–Crippen LogP) is 4.13. The largest absolute Gasteiger partial charge is 0.449 e. The van der Waals surface area contributed by atoms with Crippen molar-refractivity contribution in [2.75, 3.05) is 11.4 Å². The number of ether oxygens (including phenoxy) is 1. The molecule has 2 aromatic rings. The van der Waals surface area contributed by atoms with Gasteiger partial charge in [0.25, 0.3) is 5.91 Å². The number of nitrogens with zero attached hydrogens (tertiary/aromatic N) is 1. The third-order valence-electron chi connectivity index (χ3n) is 4.30. The Kier molecular flexibility index (Phi) is 5.96. The molecule has 0 aromatic heterocycles. The van der Waals surface area contributed by atoms with Crippen LogP contribution in [0.2, 0.25) is 0 Å². The van der Waals surface area contributed by atoms with Crippen molar-refractivity contribution in [1.29, 1.82) is 0 Å². The molecule has 6 heteroatoms. The number of hydrogen-bond donors (Lipinski definition) is 1. The fourth-order valence-corrected chi connectivity index (χ4v) is 3.15. The zero-order valence-corrected chi connectivity index (χ0v) is 16.8. The summed E-state index contributed by atoms with van der Waals surface area (Å²) in [5, 5.41) is 2.90. The highest BCUT2D eigenvalue weighted by atomic mass is 79.9. The monoisotopic (exact) mass is 428 g/mol. The molecule has 1 N–H and O–H groups in total. The van der Waals surface area contributed by atoms with Crippen LogP contribution in [0.5, 0.6) is 5.75 Å². The van der Waals surface area contributed by atoms with E-state index in [1.54, 1.807) is 18.2 Å². The van der Waals surface area contributed by atoms with Gasteiger partial charge in [-0.25, -0.2) is 0 Å². The molecule has 27 heavy (non-hydrogen) atoms. The number of fused-ring (bicyclic) bond motifs is 1. The van der Waals surface area contributed by atoms with Crippen LogP contribution >= 0.6 is 15.9 Å². The number of benzene rings is 2. The number of carbonyl (C=O) groups is 2. The van der Waals surface area contributed by atoms with Gasteiger partial charge in [0, 0.05) is 10.5 Å². The first-order chi connectivity index (χ1) is 13.0. The molecule has 0 bridgehead atoms. The second-order valence-electron chi connectivity index (χ2n) is 6.40. The van der Waals surface area contributed by atoms with E-state index >= 15 is 0 Å². The first-order valence-electron chi connectivity index (χ1n) is 8.83. The fourth-order valence-electron chi connectivity index (χ4n) is 2.73. The molecule has 0 saturated carbocycles. The minimum absolute atomic E-state index is 0.0561. The maximum atomic E-state index is 13.0. The van der Waals surface area contributed by atoms with Crippen molar-refractivity contribution in [1.82, 2.24) is 5.32 Å². The van der Waals surface area contributed by atoms with Gasteiger partial charge in [-0.2, -0.15) is 0 Å². The lowest BCUT2D eigenvalue weighted by molar-refractivity contribution is -0.123. The van der Waals surface area contributed by atoms with E-state index in [-0.39, 0.29) is 30.2 Å². The standard InChI is InChI=1S/C21H21BrN2O3/c1-3-14(2)23-20(25)13-24-17-9-4-5-10-18(17)27-19(21(24)26)12-15-7-6-8-16(22)11-15/h4-12,14H,3,13H2,1-2H3,(H,23,25). The Labute approximate surface area is 167 Å². The van der Waals surface area contributed by atoms with Crippen LogP contribution in [0, 0.1) is 0 Å². The second kappa shape index (κ2) is 8.39. The molecule has 3 rings (SSSR count). The maximum absolute atomic E-state index is 13.0. The third-order valence-corrected chi connectivity index (χ3v) is 4.79. The summed E-state index contributed by atoms with van der Waals surface area (Å²) < 4.78 is 6.73. The van der Waals surface area contributed by atoms with Crippen LogP contribution in [0.15, 0.2) is 58.8 Å². The summed E-state index contributed by atoms with van der Waals surface area (Å²) >= 11 is 3.42. The van der Waals surface area contributed by atoms with Gasteiger partial charge in [0.15, 0.2) is 11.5 Å². The van der Waals surface area contributed by atoms with Crippen molar-refractivity contribution >= 4 is 39.5 Å². The van der Waals surface area contributed by atoms with Gasteiger partial charge in [-0.1, -0.05) is 47.1 Å². The summed E-state index contributed by atoms with van der Waals surface area (Å²) in [6.45, 7) is 3.88. The Bertz CT molecular complexity index is 895. The summed E-state index contributed by atoms with van der Waals surface area (Å²) in [7, 11) is 0. The van der Waals surface area contributed by atoms with Crippen molar-refractivity contribution in [2.45, 2.75) is 26.3 Å². The lowest BCUT2D eigenvalue weighted by atomic mass is 10.1. The average Bonchev–Trinajstić information content (AvgIpc) is 2.65. The Hall–Kier alpha value is -2.60. The van der Waals surface area contributed by atoms with Crippen LogP contribution in [-0.2, 0) is 9.59 Å².